The van der Waals surface area contributed by atoms with Gasteiger partial charge in [-0.1, -0.05) is 85.5 Å². The van der Waals surface area contributed by atoms with Crippen LogP contribution in [0.4, 0.5) is 5.69 Å². The van der Waals surface area contributed by atoms with Crippen molar-refractivity contribution < 1.29 is 18.0 Å². The average Bonchev–Trinajstić information content (AvgIpc) is 3.08. The number of hydrogen-bond acceptors (Lipinski definition) is 4. The molecule has 3 aromatic carbocycles. The molecular weight excluding hydrogens is 666 g/mol. The van der Waals surface area contributed by atoms with Crippen molar-refractivity contribution in [1.82, 2.24) is 10.2 Å². The minimum Gasteiger partial charge on any atom is -0.352 e. The molecule has 0 unspecified atom stereocenters. The number of hydrogen-bond donors (Lipinski definition) is 1. The van der Waals surface area contributed by atoms with Crippen molar-refractivity contribution in [2.45, 2.75) is 101 Å². The lowest BCUT2D eigenvalue weighted by molar-refractivity contribution is -0.140. The Balaban J connectivity index is 1.18. The summed E-state index contributed by atoms with van der Waals surface area (Å²) in [5, 5.41) is 3.78. The third-order valence-electron chi connectivity index (χ3n) is 11.9. The molecule has 0 saturated heterocycles. The lowest BCUT2D eigenvalue weighted by atomic mass is 9.48. The first-order valence-electron chi connectivity index (χ1n) is 18.5. The largest absolute Gasteiger partial charge is 0.352 e. The fourth-order valence-corrected chi connectivity index (χ4v) is 11.1. The zero-order valence-electron chi connectivity index (χ0n) is 29.1. The smallest absolute Gasteiger partial charge is 0.244 e. The molecule has 5 fully saturated rings. The van der Waals surface area contributed by atoms with E-state index in [0.717, 1.165) is 67.2 Å². The van der Waals surface area contributed by atoms with Gasteiger partial charge >= 0.3 is 0 Å². The monoisotopic (exact) mass is 715 g/mol. The van der Waals surface area contributed by atoms with E-state index in [-0.39, 0.29) is 23.9 Å². The highest BCUT2D eigenvalue weighted by atomic mass is 35.5. The zero-order valence-corrected chi connectivity index (χ0v) is 30.7. The van der Waals surface area contributed by atoms with Crippen molar-refractivity contribution in [3.63, 3.8) is 0 Å². The van der Waals surface area contributed by atoms with Crippen LogP contribution >= 0.6 is 11.6 Å². The van der Waals surface area contributed by atoms with E-state index >= 15 is 0 Å². The van der Waals surface area contributed by atoms with Gasteiger partial charge in [-0.15, -0.1) is 0 Å². The van der Waals surface area contributed by atoms with Crippen molar-refractivity contribution in [2.24, 2.45) is 17.8 Å². The zero-order chi connectivity index (χ0) is 34.9. The van der Waals surface area contributed by atoms with Crippen molar-refractivity contribution in [1.29, 1.82) is 0 Å². The lowest BCUT2D eigenvalue weighted by Crippen LogP contribution is -2.55. The number of amides is 2. The number of nitrogens with one attached hydrogen (secondary N) is 1. The predicted molar refractivity (Wildman–Crippen MR) is 199 cm³/mol. The SMILES string of the molecule is CS(=O)(=O)N(CC(=O)N(Cc1cccc(Cl)c1)[C@H](Cc1ccccc1)C(=O)NC1CCCCC1)c1ccc(C23CC4CC(CC(C4)C2)C3)cc1. The van der Waals surface area contributed by atoms with E-state index in [9.17, 15) is 18.0 Å². The summed E-state index contributed by atoms with van der Waals surface area (Å²) in [6, 6.07) is 24.1. The number of carbonyl (C=O) groups is 2. The minimum atomic E-state index is -3.85. The first-order chi connectivity index (χ1) is 24.0. The van der Waals surface area contributed by atoms with Crippen molar-refractivity contribution in [3.8, 4) is 0 Å². The van der Waals surface area contributed by atoms with Gasteiger partial charge in [0.15, 0.2) is 0 Å². The molecule has 7 nitrogen and oxygen atoms in total. The summed E-state index contributed by atoms with van der Waals surface area (Å²) in [5.74, 6) is 1.74. The van der Waals surface area contributed by atoms with E-state index in [1.807, 2.05) is 54.6 Å². The Morgan fingerprint density at radius 1 is 0.840 bits per heavy atom. The van der Waals surface area contributed by atoms with Crippen molar-refractivity contribution in [2.75, 3.05) is 17.1 Å². The first kappa shape index (κ1) is 35.1. The number of anilines is 1. The van der Waals surface area contributed by atoms with Crippen LogP contribution in [-0.2, 0) is 38.0 Å². The first-order valence-corrected chi connectivity index (χ1v) is 20.7. The van der Waals surface area contributed by atoms with Crippen LogP contribution in [0.15, 0.2) is 78.9 Å². The van der Waals surface area contributed by atoms with Gasteiger partial charge < -0.3 is 10.2 Å². The summed E-state index contributed by atoms with van der Waals surface area (Å²) in [7, 11) is -3.85. The molecule has 1 N–H and O–H groups in total. The summed E-state index contributed by atoms with van der Waals surface area (Å²) >= 11 is 6.37. The maximum atomic E-state index is 14.6. The fraction of sp³-hybridized carbons (Fsp3) is 0.512. The third-order valence-corrected chi connectivity index (χ3v) is 13.3. The van der Waals surface area contributed by atoms with Crippen LogP contribution in [0.5, 0.6) is 0 Å². The molecule has 9 heteroatoms. The summed E-state index contributed by atoms with van der Waals surface area (Å²) in [4.78, 5) is 30.4. The van der Waals surface area contributed by atoms with E-state index in [0.29, 0.717) is 17.1 Å². The van der Waals surface area contributed by atoms with E-state index < -0.39 is 28.5 Å². The summed E-state index contributed by atoms with van der Waals surface area (Å²) < 4.78 is 28.0. The minimum absolute atomic E-state index is 0.0534. The van der Waals surface area contributed by atoms with E-state index in [4.69, 9.17) is 11.6 Å². The molecule has 8 rings (SSSR count). The van der Waals surface area contributed by atoms with Gasteiger partial charge in [0.1, 0.15) is 12.6 Å². The van der Waals surface area contributed by atoms with Gasteiger partial charge in [-0.25, -0.2) is 8.42 Å². The highest BCUT2D eigenvalue weighted by Gasteiger charge is 2.51. The van der Waals surface area contributed by atoms with Gasteiger partial charge in [0.05, 0.1) is 11.9 Å². The number of halogens is 1. The molecule has 5 aliphatic carbocycles. The molecule has 0 radical (unpaired) electrons. The molecule has 2 amide bonds. The highest BCUT2D eigenvalue weighted by molar-refractivity contribution is 7.92. The summed E-state index contributed by atoms with van der Waals surface area (Å²) in [6.07, 6.45) is 14.3. The molecule has 4 bridgehead atoms. The number of carbonyl (C=O) groups excluding carboxylic acids is 2. The molecule has 0 aromatic heterocycles. The lowest BCUT2D eigenvalue weighted by Gasteiger charge is -2.57. The summed E-state index contributed by atoms with van der Waals surface area (Å²) in [6.45, 7) is -0.310. The predicted octanol–water partition coefficient (Wildman–Crippen LogP) is 7.66. The van der Waals surface area contributed by atoms with Crippen LogP contribution in [0.1, 0.15) is 87.3 Å². The molecule has 1 atom stereocenters. The van der Waals surface area contributed by atoms with Crippen LogP contribution < -0.4 is 9.62 Å². The van der Waals surface area contributed by atoms with Gasteiger partial charge in [-0.05, 0) is 115 Å². The Hall–Kier alpha value is -3.36. The standard InChI is InChI=1S/C41H50ClN3O4S/c1-50(48,49)45(37-17-15-34(16-18-37)41-24-31-19-32(25-41)21-33(20-31)26-41)28-39(46)44(27-30-11-8-12-35(42)22-30)38(23-29-9-4-2-5-10-29)40(47)43-36-13-6-3-7-14-36/h2,4-5,8-12,15-18,22,31-33,36,38H,3,6-7,13-14,19-21,23-28H2,1H3,(H,43,47)/t31?,32?,33?,38-,41?/m1/s1. The number of nitrogens with zero attached hydrogens (tertiary/aromatic N) is 2. The quantitative estimate of drug-likeness (QED) is 0.209. The summed E-state index contributed by atoms with van der Waals surface area (Å²) in [5.41, 5.74) is 3.62. The Labute approximate surface area is 302 Å². The molecule has 5 aliphatic rings. The molecule has 0 aliphatic heterocycles. The maximum absolute atomic E-state index is 14.6. The van der Waals surface area contributed by atoms with Crippen LogP contribution in [0.3, 0.4) is 0 Å². The van der Waals surface area contributed by atoms with E-state index in [1.165, 1.54) is 48.4 Å². The van der Waals surface area contributed by atoms with Crippen LogP contribution in [0.2, 0.25) is 5.02 Å². The van der Waals surface area contributed by atoms with Gasteiger partial charge in [0.25, 0.3) is 0 Å². The molecular formula is C41H50ClN3O4S. The second-order valence-electron chi connectivity index (χ2n) is 15.7. The molecule has 3 aromatic rings. The van der Waals surface area contributed by atoms with Crippen molar-refractivity contribution >= 4 is 39.1 Å². The Morgan fingerprint density at radius 2 is 1.46 bits per heavy atom. The van der Waals surface area contributed by atoms with Gasteiger partial charge in [0.2, 0.25) is 21.8 Å². The normalized spacial score (nSPS) is 25.2. The number of sulfonamides is 1. The Morgan fingerprint density at radius 3 is 2.06 bits per heavy atom. The van der Waals surface area contributed by atoms with E-state index in [2.05, 4.69) is 17.4 Å². The average molecular weight is 716 g/mol. The maximum Gasteiger partial charge on any atom is 0.244 e. The molecule has 0 spiro atoms. The van der Waals surface area contributed by atoms with Crippen LogP contribution in [-0.4, -0.2) is 50.0 Å². The van der Waals surface area contributed by atoms with Crippen LogP contribution in [0.25, 0.3) is 0 Å². The molecule has 5 saturated carbocycles. The highest BCUT2D eigenvalue weighted by Crippen LogP contribution is 2.60. The molecule has 0 heterocycles. The second-order valence-corrected chi connectivity index (χ2v) is 18.1. The third kappa shape index (κ3) is 7.91. The van der Waals surface area contributed by atoms with Gasteiger partial charge in [-0.2, -0.15) is 0 Å². The number of benzene rings is 3. The fourth-order valence-electron chi connectivity index (χ4n) is 9.99. The Bertz CT molecular complexity index is 1740. The molecule has 266 valence electrons. The van der Waals surface area contributed by atoms with Crippen molar-refractivity contribution in [3.05, 3.63) is 101 Å². The van der Waals surface area contributed by atoms with Crippen LogP contribution in [0, 0.1) is 17.8 Å². The van der Waals surface area contributed by atoms with E-state index in [1.54, 1.807) is 17.0 Å². The van der Waals surface area contributed by atoms with Gasteiger partial charge in [-0.3, -0.25) is 13.9 Å². The number of rotatable bonds is 12. The topological polar surface area (TPSA) is 86.8 Å². The molecule has 50 heavy (non-hydrogen) atoms. The Kier molecular flexibility index (Phi) is 10.3. The second kappa shape index (κ2) is 14.7. The van der Waals surface area contributed by atoms with Gasteiger partial charge in [0, 0.05) is 24.0 Å².